The summed E-state index contributed by atoms with van der Waals surface area (Å²) in [7, 11) is -2.89. The molecule has 14 heavy (non-hydrogen) atoms. The van der Waals surface area contributed by atoms with E-state index in [-0.39, 0.29) is 23.1 Å². The Morgan fingerprint density at radius 2 is 2.00 bits per heavy atom. The smallest absolute Gasteiger partial charge is 0.298 e. The highest BCUT2D eigenvalue weighted by Gasteiger charge is 2.16. The van der Waals surface area contributed by atoms with Crippen molar-refractivity contribution >= 4 is 38.5 Å². The molecular formula is C7H8BrClO4S. The molecule has 4 nitrogen and oxygen atoms in total. The molecule has 0 fully saturated rings. The van der Waals surface area contributed by atoms with Crippen molar-refractivity contribution in [2.75, 3.05) is 7.11 Å². The number of ether oxygens (including phenoxy) is 1. The lowest BCUT2D eigenvalue weighted by atomic mass is 10.3. The van der Waals surface area contributed by atoms with Gasteiger partial charge in [-0.05, 0) is 18.2 Å². The molecule has 0 aromatic heterocycles. The van der Waals surface area contributed by atoms with E-state index in [9.17, 15) is 8.42 Å². The molecule has 0 radical (unpaired) electrons. The van der Waals surface area contributed by atoms with Gasteiger partial charge in [-0.1, -0.05) is 15.9 Å². The fourth-order valence-electron chi connectivity index (χ4n) is 0.852. The summed E-state index contributed by atoms with van der Waals surface area (Å²) in [5.74, 6) is 0.116. The van der Waals surface area contributed by atoms with Gasteiger partial charge in [-0.3, -0.25) is 4.55 Å². The Morgan fingerprint density at radius 3 is 2.43 bits per heavy atom. The summed E-state index contributed by atoms with van der Waals surface area (Å²) in [6, 6.07) is 4.34. The van der Waals surface area contributed by atoms with Crippen LogP contribution in [-0.2, 0) is 10.1 Å². The van der Waals surface area contributed by atoms with Crippen LogP contribution >= 0.6 is 28.3 Å². The van der Waals surface area contributed by atoms with Crippen molar-refractivity contribution in [1.82, 2.24) is 0 Å². The molecule has 1 rings (SSSR count). The molecule has 0 aliphatic carbocycles. The zero-order chi connectivity index (χ0) is 10.1. The van der Waals surface area contributed by atoms with Crippen LogP contribution in [0, 0.1) is 0 Å². The monoisotopic (exact) mass is 302 g/mol. The summed E-state index contributed by atoms with van der Waals surface area (Å²) in [6.45, 7) is 0. The first kappa shape index (κ1) is 13.7. The highest BCUT2D eigenvalue weighted by molar-refractivity contribution is 9.10. The van der Waals surface area contributed by atoms with Crippen molar-refractivity contribution in [2.24, 2.45) is 0 Å². The molecule has 1 aromatic carbocycles. The minimum Gasteiger partial charge on any atom is -0.495 e. The first-order valence-corrected chi connectivity index (χ1v) is 5.49. The number of hydrogen-bond acceptors (Lipinski definition) is 3. The second-order valence-electron chi connectivity index (χ2n) is 2.27. The minimum absolute atomic E-state index is 0. The van der Waals surface area contributed by atoms with Gasteiger partial charge in [0.2, 0.25) is 0 Å². The first-order valence-electron chi connectivity index (χ1n) is 3.26. The highest BCUT2D eigenvalue weighted by Crippen LogP contribution is 2.26. The largest absolute Gasteiger partial charge is 0.495 e. The summed E-state index contributed by atoms with van der Waals surface area (Å²) in [4.78, 5) is -0.246. The fraction of sp³-hybridized carbons (Fsp3) is 0.143. The van der Waals surface area contributed by atoms with Gasteiger partial charge in [-0.15, -0.1) is 12.4 Å². The van der Waals surface area contributed by atoms with E-state index in [2.05, 4.69) is 15.9 Å². The topological polar surface area (TPSA) is 63.6 Å². The van der Waals surface area contributed by atoms with E-state index in [1.165, 1.54) is 19.2 Å². The Balaban J connectivity index is 0.00000169. The van der Waals surface area contributed by atoms with Gasteiger partial charge in [0.25, 0.3) is 10.1 Å². The van der Waals surface area contributed by atoms with Gasteiger partial charge >= 0.3 is 0 Å². The van der Waals surface area contributed by atoms with E-state index in [1.54, 1.807) is 6.07 Å². The molecule has 0 spiro atoms. The van der Waals surface area contributed by atoms with E-state index in [0.29, 0.717) is 4.47 Å². The van der Waals surface area contributed by atoms with Crippen molar-refractivity contribution in [3.8, 4) is 5.75 Å². The molecule has 0 aliphatic heterocycles. The maximum absolute atomic E-state index is 10.8. The standard InChI is InChI=1S/C7H7BrO4S.ClH/c1-12-6-3-2-5(8)4-7(6)13(9,10)11;/h2-4H,1H3,(H,9,10,11);1H. The summed E-state index contributed by atoms with van der Waals surface area (Å²) in [5.41, 5.74) is 0. The number of hydrogen-bond donors (Lipinski definition) is 1. The Hall–Kier alpha value is -0.300. The van der Waals surface area contributed by atoms with Gasteiger partial charge in [0.05, 0.1) is 7.11 Å². The Labute approximate surface area is 96.6 Å². The van der Waals surface area contributed by atoms with Gasteiger partial charge in [0.15, 0.2) is 0 Å². The van der Waals surface area contributed by atoms with Gasteiger partial charge in [-0.2, -0.15) is 8.42 Å². The van der Waals surface area contributed by atoms with Crippen LogP contribution in [0.1, 0.15) is 0 Å². The summed E-state index contributed by atoms with van der Waals surface area (Å²) in [6.07, 6.45) is 0. The molecule has 0 atom stereocenters. The predicted molar refractivity (Wildman–Crippen MR) is 57.8 cm³/mol. The van der Waals surface area contributed by atoms with Gasteiger partial charge in [0.1, 0.15) is 10.6 Å². The lowest BCUT2D eigenvalue weighted by molar-refractivity contribution is 0.397. The number of benzene rings is 1. The normalized spacial score (nSPS) is 10.5. The van der Waals surface area contributed by atoms with Crippen LogP contribution in [0.3, 0.4) is 0 Å². The number of halogens is 2. The molecule has 0 saturated carbocycles. The average molecular weight is 304 g/mol. The van der Waals surface area contributed by atoms with Gasteiger partial charge in [-0.25, -0.2) is 0 Å². The molecule has 1 aromatic rings. The Bertz CT molecular complexity index is 418. The third-order valence-electron chi connectivity index (χ3n) is 1.40. The molecule has 0 saturated heterocycles. The second-order valence-corrected chi connectivity index (χ2v) is 4.58. The van der Waals surface area contributed by atoms with E-state index in [1.807, 2.05) is 0 Å². The molecule has 80 valence electrons. The molecule has 0 amide bonds. The van der Waals surface area contributed by atoms with Crippen LogP contribution < -0.4 is 4.74 Å². The first-order chi connectivity index (χ1) is 5.95. The number of rotatable bonds is 2. The predicted octanol–water partition coefficient (Wildman–Crippen LogP) is 2.13. The van der Waals surface area contributed by atoms with E-state index >= 15 is 0 Å². The van der Waals surface area contributed by atoms with Crippen LogP contribution in [0.2, 0.25) is 0 Å². The molecule has 1 N–H and O–H groups in total. The Kier molecular flexibility index (Phi) is 4.87. The lowest BCUT2D eigenvalue weighted by Crippen LogP contribution is -2.01. The van der Waals surface area contributed by atoms with E-state index in [4.69, 9.17) is 9.29 Å². The third kappa shape index (κ3) is 3.13. The number of methoxy groups -OCH3 is 1. The van der Waals surface area contributed by atoms with Crippen LogP contribution in [-0.4, -0.2) is 20.1 Å². The molecule has 0 aliphatic rings. The van der Waals surface area contributed by atoms with Gasteiger partial charge < -0.3 is 4.74 Å². The van der Waals surface area contributed by atoms with Crippen molar-refractivity contribution in [2.45, 2.75) is 4.90 Å². The average Bonchev–Trinajstić information content (AvgIpc) is 2.03. The van der Waals surface area contributed by atoms with Gasteiger partial charge in [0, 0.05) is 4.47 Å². The van der Waals surface area contributed by atoms with Crippen LogP contribution in [0.25, 0.3) is 0 Å². The van der Waals surface area contributed by atoms with Crippen molar-refractivity contribution in [3.63, 3.8) is 0 Å². The van der Waals surface area contributed by atoms with Crippen molar-refractivity contribution in [1.29, 1.82) is 0 Å². The maximum atomic E-state index is 10.8. The van der Waals surface area contributed by atoms with Crippen molar-refractivity contribution < 1.29 is 17.7 Å². The lowest BCUT2D eigenvalue weighted by Gasteiger charge is -2.05. The van der Waals surface area contributed by atoms with Crippen LogP contribution in [0.4, 0.5) is 0 Å². The summed E-state index contributed by atoms with van der Waals surface area (Å²) in [5, 5.41) is 0. The molecule has 0 unspecified atom stereocenters. The fourth-order valence-corrected chi connectivity index (χ4v) is 2.05. The summed E-state index contributed by atoms with van der Waals surface area (Å²) < 4.78 is 35.8. The Morgan fingerprint density at radius 1 is 1.43 bits per heavy atom. The van der Waals surface area contributed by atoms with E-state index in [0.717, 1.165) is 0 Å². The maximum Gasteiger partial charge on any atom is 0.298 e. The molecule has 7 heteroatoms. The summed E-state index contributed by atoms with van der Waals surface area (Å²) >= 11 is 3.09. The van der Waals surface area contributed by atoms with Crippen LogP contribution in [0.15, 0.2) is 27.6 Å². The quantitative estimate of drug-likeness (QED) is 0.850. The third-order valence-corrected chi connectivity index (χ3v) is 2.77. The molecule has 0 bridgehead atoms. The SMILES string of the molecule is COc1ccc(Br)cc1S(=O)(=O)O.Cl. The van der Waals surface area contributed by atoms with Crippen LogP contribution in [0.5, 0.6) is 5.75 Å². The zero-order valence-corrected chi connectivity index (χ0v) is 10.3. The minimum atomic E-state index is -4.22. The molecular weight excluding hydrogens is 295 g/mol. The zero-order valence-electron chi connectivity index (χ0n) is 7.10. The van der Waals surface area contributed by atoms with E-state index < -0.39 is 10.1 Å². The highest BCUT2D eigenvalue weighted by atomic mass is 79.9. The second kappa shape index (κ2) is 4.97. The van der Waals surface area contributed by atoms with Crippen molar-refractivity contribution in [3.05, 3.63) is 22.7 Å². The molecule has 0 heterocycles.